The van der Waals surface area contributed by atoms with Gasteiger partial charge in [0, 0.05) is 0 Å². The summed E-state index contributed by atoms with van der Waals surface area (Å²) in [4.78, 5) is 64.9. The van der Waals surface area contributed by atoms with Crippen LogP contribution in [0.2, 0.25) is 0 Å². The second-order valence-electron chi connectivity index (χ2n) is 20.9. The fourth-order valence-corrected chi connectivity index (χ4v) is 8.44. The number of ether oxygens (including phenoxy) is 3. The van der Waals surface area contributed by atoms with Crippen LogP contribution in [0, 0.1) is 0 Å². The zero-order valence-electron chi connectivity index (χ0n) is 49.4. The molecule has 0 bridgehead atoms. The van der Waals surface area contributed by atoms with Gasteiger partial charge in [-0.15, -0.1) is 0 Å². The normalized spacial score (nSPS) is 13.2. The van der Waals surface area contributed by atoms with Crippen LogP contribution in [0.3, 0.4) is 0 Å². The van der Waals surface area contributed by atoms with Crippen LogP contribution in [0.25, 0.3) is 0 Å². The van der Waals surface area contributed by atoms with E-state index in [1.807, 2.05) is 0 Å². The number of esters is 3. The van der Waals surface area contributed by atoms with Gasteiger partial charge >= 0.3 is 35.3 Å². The number of carboxylic acid groups (broad SMARTS) is 3. The molecular formula is C60H111AlO18. The molecule has 0 spiro atoms. The molecule has 79 heavy (non-hydrogen) atoms. The Labute approximate surface area is 487 Å². The summed E-state index contributed by atoms with van der Waals surface area (Å²) in [5.74, 6) is -9.08. The summed E-state index contributed by atoms with van der Waals surface area (Å²) in [6.45, 7) is 7.07. The number of carbonyl (C=O) groups is 6. The number of carboxylic acids is 3. The molecule has 0 aliphatic carbocycles. The van der Waals surface area contributed by atoms with Gasteiger partial charge in [-0.3, -0.25) is 0 Å². The Kier molecular flexibility index (Phi) is 65.5. The van der Waals surface area contributed by atoms with Crippen LogP contribution in [-0.4, -0.2) is 140 Å². The first-order valence-electron chi connectivity index (χ1n) is 30.7. The molecule has 0 rings (SSSR count). The van der Waals surface area contributed by atoms with Gasteiger partial charge in [-0.1, -0.05) is 271 Å². The van der Waals surface area contributed by atoms with Crippen LogP contribution in [0.5, 0.6) is 0 Å². The fraction of sp³-hybridized carbons (Fsp3) is 0.900. The van der Waals surface area contributed by atoms with Crippen molar-refractivity contribution < 1.29 is 88.9 Å². The van der Waals surface area contributed by atoms with Crippen molar-refractivity contribution in [1.82, 2.24) is 0 Å². The predicted octanol–water partition coefficient (Wildman–Crippen LogP) is 7.07. The van der Waals surface area contributed by atoms with Crippen LogP contribution in [0.1, 0.15) is 290 Å². The number of unbranched alkanes of at least 4 members (excludes halogenated alkanes) is 39. The van der Waals surface area contributed by atoms with E-state index < -0.39 is 72.4 Å². The van der Waals surface area contributed by atoms with Gasteiger partial charge in [0.15, 0.2) is 18.3 Å². The Morgan fingerprint density at radius 2 is 0.380 bits per heavy atom. The van der Waals surface area contributed by atoms with Crippen LogP contribution >= 0.6 is 0 Å². The van der Waals surface area contributed by atoms with Gasteiger partial charge in [-0.25, -0.2) is 14.4 Å². The number of hydrogen-bond acceptors (Lipinski definition) is 18. The SMILES string of the molecule is CCCCCCCCCCCCCCCCOC(=O)C(O)C(O)C(=O)[O-].CCCCCCCCCCCCCCCCOC(=O)C(O)C(O)C(=O)[O-].CCCCCCCCCCCCCCCCOC(=O)C(O)C(O)C(=O)[O-].[Al+3]. The Hall–Kier alpha value is -2.89. The molecule has 0 amide bonds. The summed E-state index contributed by atoms with van der Waals surface area (Å²) >= 11 is 0. The molecule has 0 aliphatic heterocycles. The number of hydrogen-bond donors (Lipinski definition) is 6. The maximum atomic E-state index is 11.3. The minimum atomic E-state index is -2.25. The third-order valence-corrected chi connectivity index (χ3v) is 13.6. The molecule has 0 saturated carbocycles. The minimum absolute atomic E-state index is 0. The van der Waals surface area contributed by atoms with Crippen molar-refractivity contribution in [3.8, 4) is 0 Å². The number of carbonyl (C=O) groups excluding carboxylic acids is 6. The maximum absolute atomic E-state index is 11.3. The van der Waals surface area contributed by atoms with Crippen LogP contribution in [0.15, 0.2) is 0 Å². The Balaban J connectivity index is -0.000000531. The van der Waals surface area contributed by atoms with Crippen molar-refractivity contribution in [3.63, 3.8) is 0 Å². The topological polar surface area (TPSA) is 321 Å². The van der Waals surface area contributed by atoms with Gasteiger partial charge in [0.2, 0.25) is 0 Å². The number of rotatable bonds is 54. The number of aliphatic hydroxyl groups is 6. The second kappa shape index (κ2) is 62.7. The number of aliphatic hydroxyl groups excluding tert-OH is 6. The molecule has 18 nitrogen and oxygen atoms in total. The van der Waals surface area contributed by atoms with Crippen molar-refractivity contribution in [1.29, 1.82) is 0 Å². The Bertz CT molecular complexity index is 1240. The largest absolute Gasteiger partial charge is 3.00 e. The zero-order valence-corrected chi connectivity index (χ0v) is 50.6. The summed E-state index contributed by atoms with van der Waals surface area (Å²) in [7, 11) is 0. The Morgan fingerprint density at radius 1 is 0.253 bits per heavy atom. The first-order valence-corrected chi connectivity index (χ1v) is 30.7. The van der Waals surface area contributed by atoms with Crippen molar-refractivity contribution in [3.05, 3.63) is 0 Å². The first kappa shape index (κ1) is 82.6. The maximum Gasteiger partial charge on any atom is 3.00 e. The van der Waals surface area contributed by atoms with E-state index >= 15 is 0 Å². The van der Waals surface area contributed by atoms with Gasteiger partial charge in [0.25, 0.3) is 0 Å². The Morgan fingerprint density at radius 3 is 0.506 bits per heavy atom. The molecule has 0 fully saturated rings. The summed E-state index contributed by atoms with van der Waals surface area (Å²) in [5, 5.41) is 85.6. The zero-order chi connectivity index (χ0) is 58.9. The van der Waals surface area contributed by atoms with Crippen molar-refractivity contribution >= 4 is 53.2 Å². The summed E-state index contributed by atoms with van der Waals surface area (Å²) < 4.78 is 14.2. The van der Waals surface area contributed by atoms with Gasteiger partial charge < -0.3 is 74.6 Å². The molecule has 0 heterocycles. The molecule has 19 heteroatoms. The van der Waals surface area contributed by atoms with E-state index in [0.717, 1.165) is 57.8 Å². The first-order chi connectivity index (χ1) is 37.5. The standard InChI is InChI=1S/3C20H38O6.Al/c3*1-2-3-4-5-6-7-8-9-10-11-12-13-14-15-16-26-20(25)18(22)17(21)19(23)24;/h3*17-18,21-22H,2-16H2,1H3,(H,23,24);/q;;;+3/p-3. The third kappa shape index (κ3) is 56.8. The van der Waals surface area contributed by atoms with Crippen LogP contribution < -0.4 is 15.3 Å². The van der Waals surface area contributed by atoms with E-state index in [-0.39, 0.29) is 37.2 Å². The van der Waals surface area contributed by atoms with Gasteiger partial charge in [-0.05, 0) is 19.3 Å². The molecule has 0 aromatic rings. The van der Waals surface area contributed by atoms with E-state index in [9.17, 15) is 59.4 Å². The average molecular weight is 1150 g/mol. The molecule has 6 atom stereocenters. The average Bonchev–Trinajstić information content (AvgIpc) is 3.42. The van der Waals surface area contributed by atoms with E-state index in [0.29, 0.717) is 19.3 Å². The van der Waals surface area contributed by atoms with E-state index in [2.05, 4.69) is 20.8 Å². The van der Waals surface area contributed by atoms with Crippen molar-refractivity contribution in [2.24, 2.45) is 0 Å². The molecule has 0 radical (unpaired) electrons. The minimum Gasteiger partial charge on any atom is -0.547 e. The molecule has 0 aromatic heterocycles. The van der Waals surface area contributed by atoms with Gasteiger partial charge in [-0.2, -0.15) is 0 Å². The van der Waals surface area contributed by atoms with E-state index in [1.165, 1.54) is 193 Å². The quantitative estimate of drug-likeness (QED) is 0.0153. The van der Waals surface area contributed by atoms with Crippen LogP contribution in [0.4, 0.5) is 0 Å². The summed E-state index contributed by atoms with van der Waals surface area (Å²) in [6.07, 6.45) is 38.3. The molecular weight excluding hydrogens is 1040 g/mol. The molecule has 0 saturated heterocycles. The molecule has 0 aliphatic rings. The smallest absolute Gasteiger partial charge is 0.547 e. The molecule has 6 N–H and O–H groups in total. The van der Waals surface area contributed by atoms with Gasteiger partial charge in [0.1, 0.15) is 18.3 Å². The molecule has 0 aromatic carbocycles. The van der Waals surface area contributed by atoms with E-state index in [4.69, 9.17) is 29.5 Å². The number of aliphatic carboxylic acids is 3. The molecule has 462 valence electrons. The van der Waals surface area contributed by atoms with Crippen molar-refractivity contribution in [2.45, 2.75) is 327 Å². The molecule has 6 unspecified atom stereocenters. The summed E-state index contributed by atoms with van der Waals surface area (Å²) in [5.41, 5.74) is 0. The second-order valence-corrected chi connectivity index (χ2v) is 20.9. The third-order valence-electron chi connectivity index (χ3n) is 13.6. The monoisotopic (exact) mass is 1150 g/mol. The van der Waals surface area contributed by atoms with Crippen LogP contribution in [-0.2, 0) is 43.0 Å². The van der Waals surface area contributed by atoms with Gasteiger partial charge in [0.05, 0.1) is 37.7 Å². The predicted molar refractivity (Wildman–Crippen MR) is 301 cm³/mol. The van der Waals surface area contributed by atoms with E-state index in [1.54, 1.807) is 0 Å². The fourth-order valence-electron chi connectivity index (χ4n) is 8.44. The summed E-state index contributed by atoms with van der Waals surface area (Å²) in [6, 6.07) is 0. The van der Waals surface area contributed by atoms with Crippen molar-refractivity contribution in [2.75, 3.05) is 19.8 Å².